The van der Waals surface area contributed by atoms with Crippen molar-refractivity contribution in [3.05, 3.63) is 0 Å². The van der Waals surface area contributed by atoms with Crippen LogP contribution < -0.4 is 0 Å². The second-order valence-electron chi connectivity index (χ2n) is 18.2. The van der Waals surface area contributed by atoms with Crippen molar-refractivity contribution in [2.45, 2.75) is 154 Å². The van der Waals surface area contributed by atoms with Crippen LogP contribution in [-0.4, -0.2) is 117 Å². The lowest BCUT2D eigenvalue weighted by atomic mass is 9.41. The molecule has 0 aromatic carbocycles. The first-order chi connectivity index (χ1) is 22.5. The van der Waals surface area contributed by atoms with Crippen molar-refractivity contribution >= 4 is 5.97 Å². The van der Waals surface area contributed by atoms with Gasteiger partial charge in [-0.1, -0.05) is 34.6 Å². The molecule has 12 nitrogen and oxygen atoms in total. The zero-order valence-corrected chi connectivity index (χ0v) is 28.9. The molecule has 3 aliphatic heterocycles. The van der Waals surface area contributed by atoms with Crippen LogP contribution >= 0.6 is 0 Å². The minimum Gasteiger partial charge on any atom is -0.462 e. The first-order valence-electron chi connectivity index (χ1n) is 18.3. The van der Waals surface area contributed by atoms with Crippen LogP contribution in [-0.2, 0) is 28.5 Å². The maximum atomic E-state index is 12.5. The summed E-state index contributed by atoms with van der Waals surface area (Å²) < 4.78 is 30.0. The summed E-state index contributed by atoms with van der Waals surface area (Å²) in [6, 6.07) is 0. The lowest BCUT2D eigenvalue weighted by Gasteiger charge is -2.64. The summed E-state index contributed by atoms with van der Waals surface area (Å²) in [5, 5.41) is 64.2. The molecule has 0 radical (unpaired) electrons. The molecule has 48 heavy (non-hydrogen) atoms. The van der Waals surface area contributed by atoms with Gasteiger partial charge in [0.25, 0.3) is 0 Å². The van der Waals surface area contributed by atoms with Crippen molar-refractivity contribution in [2.75, 3.05) is 13.2 Å². The van der Waals surface area contributed by atoms with Crippen molar-refractivity contribution in [1.82, 2.24) is 0 Å². The van der Waals surface area contributed by atoms with E-state index in [-0.39, 0.29) is 64.9 Å². The number of fused-ring (bicyclic) bond motifs is 4. The summed E-state index contributed by atoms with van der Waals surface area (Å²) in [5.74, 6) is 0.873. The van der Waals surface area contributed by atoms with E-state index in [9.17, 15) is 35.4 Å². The van der Waals surface area contributed by atoms with E-state index in [0.717, 1.165) is 38.5 Å². The second-order valence-corrected chi connectivity index (χ2v) is 18.2. The van der Waals surface area contributed by atoms with Crippen LogP contribution in [0.3, 0.4) is 0 Å². The molecular weight excluding hydrogens is 624 g/mol. The Morgan fingerprint density at radius 2 is 1.46 bits per heavy atom. The van der Waals surface area contributed by atoms with Gasteiger partial charge in [-0.05, 0) is 89.8 Å². The fraction of sp³-hybridized carbons (Fsp3) is 0.972. The molecule has 0 aromatic heterocycles. The molecule has 2 spiro atoms. The predicted molar refractivity (Wildman–Crippen MR) is 167 cm³/mol. The Morgan fingerprint density at radius 1 is 0.771 bits per heavy atom. The van der Waals surface area contributed by atoms with Crippen molar-refractivity contribution in [1.29, 1.82) is 0 Å². The fourth-order valence-electron chi connectivity index (χ4n) is 13.7. The lowest BCUT2D eigenvalue weighted by molar-refractivity contribution is -0.356. The Labute approximate surface area is 282 Å². The molecule has 8 aliphatic rings. The largest absolute Gasteiger partial charge is 0.462 e. The van der Waals surface area contributed by atoms with Gasteiger partial charge in [-0.25, -0.2) is 0 Å². The predicted octanol–water partition coefficient (Wildman–Crippen LogP) is 1.25. The molecule has 0 amide bonds. The summed E-state index contributed by atoms with van der Waals surface area (Å²) >= 11 is 0. The third-order valence-corrected chi connectivity index (χ3v) is 15.9. The maximum Gasteiger partial charge on any atom is 0.306 e. The highest BCUT2D eigenvalue weighted by atomic mass is 16.7. The van der Waals surface area contributed by atoms with E-state index >= 15 is 0 Å². The average molecular weight is 681 g/mol. The van der Waals surface area contributed by atoms with Gasteiger partial charge in [-0.15, -0.1) is 0 Å². The highest BCUT2D eigenvalue weighted by Crippen LogP contribution is 2.89. The van der Waals surface area contributed by atoms with Crippen molar-refractivity contribution in [2.24, 2.45) is 50.7 Å². The number of hydrogen-bond acceptors (Lipinski definition) is 12. The number of ether oxygens (including phenoxy) is 5. The van der Waals surface area contributed by atoms with E-state index in [0.29, 0.717) is 24.7 Å². The first-order valence-corrected chi connectivity index (χ1v) is 18.3. The quantitative estimate of drug-likeness (QED) is 0.185. The van der Waals surface area contributed by atoms with Gasteiger partial charge in [-0.2, -0.15) is 0 Å². The molecular formula is C36H56O12. The van der Waals surface area contributed by atoms with Crippen molar-refractivity contribution in [3.8, 4) is 0 Å². The summed E-state index contributed by atoms with van der Waals surface area (Å²) in [7, 11) is 0. The van der Waals surface area contributed by atoms with Crippen molar-refractivity contribution < 1.29 is 59.1 Å². The molecule has 6 N–H and O–H groups in total. The zero-order valence-electron chi connectivity index (χ0n) is 28.9. The Balaban J connectivity index is 1.03. The number of aliphatic hydroxyl groups excluding tert-OH is 6. The van der Waals surface area contributed by atoms with Crippen LogP contribution in [0.15, 0.2) is 0 Å². The third-order valence-electron chi connectivity index (χ3n) is 15.9. The van der Waals surface area contributed by atoms with Gasteiger partial charge in [0, 0.05) is 12.3 Å². The SMILES string of the molecule is C[C@@H]1CC(=O)O[C@H]2C[C@@]3(C)[C@@H]4C[C@H](O)[C@H]5C(C)(C)[C@@H](O[C@@H]6OC[C@@H](O)[C@H](O)[C@H]6O[C@@H]6OC[C@H](O)[C@H](O)[C@H]6O)CC[C@@]56C[C@@]46CC[C@]3(C)[C@@H]12. The normalized spacial score (nSPS) is 60.1. The van der Waals surface area contributed by atoms with Gasteiger partial charge in [0.15, 0.2) is 12.6 Å². The average Bonchev–Trinajstić information content (AvgIpc) is 3.59. The van der Waals surface area contributed by atoms with Crippen LogP contribution in [0.2, 0.25) is 0 Å². The topological polar surface area (TPSA) is 185 Å². The van der Waals surface area contributed by atoms with Crippen LogP contribution in [0.25, 0.3) is 0 Å². The van der Waals surface area contributed by atoms with E-state index in [1.165, 1.54) is 0 Å². The minimum absolute atomic E-state index is 0.0187. The number of hydrogen-bond donors (Lipinski definition) is 6. The van der Waals surface area contributed by atoms with Gasteiger partial charge >= 0.3 is 5.97 Å². The zero-order chi connectivity index (χ0) is 34.3. The van der Waals surface area contributed by atoms with Gasteiger partial charge in [0.05, 0.1) is 25.4 Å². The highest BCUT2D eigenvalue weighted by Gasteiger charge is 2.84. The molecule has 0 unspecified atom stereocenters. The van der Waals surface area contributed by atoms with Crippen LogP contribution in [0, 0.1) is 50.7 Å². The van der Waals surface area contributed by atoms with Gasteiger partial charge < -0.3 is 54.3 Å². The van der Waals surface area contributed by atoms with Gasteiger partial charge in [0.1, 0.15) is 42.7 Å². The Kier molecular flexibility index (Phi) is 7.86. The molecule has 272 valence electrons. The molecule has 8 fully saturated rings. The van der Waals surface area contributed by atoms with Gasteiger partial charge in [-0.3, -0.25) is 4.79 Å². The number of carbonyl (C=O) groups excluding carboxylic acids is 1. The summed E-state index contributed by atoms with van der Waals surface area (Å²) in [5.41, 5.74) is -0.365. The molecule has 8 rings (SSSR count). The van der Waals surface area contributed by atoms with E-state index in [1.54, 1.807) is 0 Å². The second kappa shape index (κ2) is 11.0. The smallest absolute Gasteiger partial charge is 0.306 e. The van der Waals surface area contributed by atoms with E-state index in [2.05, 4.69) is 34.6 Å². The fourth-order valence-corrected chi connectivity index (χ4v) is 13.7. The maximum absolute atomic E-state index is 12.5. The first kappa shape index (κ1) is 34.2. The Hall–Kier alpha value is -0.930. The standard InChI is InChI=1S/C36H56O12/c1-16-10-23(40)46-20-12-34(5)21-11-17(37)29-32(2,3)22(6-7-36(29)15-35(21,36)9-8-33(34,4)24(16)20)47-31-28(26(42)19(39)14-45-31)48-30-27(43)25(41)18(38)13-44-30/h16-22,24-31,37-39,41-43H,6-15H2,1-5H3/t16-,17+,18+,19-,20+,21+,22+,24+,25+,26+,27-,28-,29+,30+,31+,33-,34+,35+,36-/m1/s1. The molecule has 3 saturated heterocycles. The molecule has 5 saturated carbocycles. The number of carbonyl (C=O) groups is 1. The lowest BCUT2D eigenvalue weighted by Crippen LogP contribution is -2.63. The molecule has 5 aliphatic carbocycles. The van der Waals surface area contributed by atoms with E-state index < -0.39 is 60.7 Å². The summed E-state index contributed by atoms with van der Waals surface area (Å²) in [6.07, 6.45) is -4.76. The van der Waals surface area contributed by atoms with Gasteiger partial charge in [0.2, 0.25) is 0 Å². The number of rotatable bonds is 4. The van der Waals surface area contributed by atoms with Crippen LogP contribution in [0.5, 0.6) is 0 Å². The highest BCUT2D eigenvalue weighted by molar-refractivity contribution is 5.71. The van der Waals surface area contributed by atoms with E-state index in [4.69, 9.17) is 23.7 Å². The number of esters is 1. The van der Waals surface area contributed by atoms with Crippen molar-refractivity contribution in [3.63, 3.8) is 0 Å². The molecule has 3 heterocycles. The summed E-state index contributed by atoms with van der Waals surface area (Å²) in [4.78, 5) is 12.5. The molecule has 12 heteroatoms. The molecule has 19 atom stereocenters. The monoisotopic (exact) mass is 680 g/mol. The number of aliphatic hydroxyl groups is 6. The Bertz CT molecular complexity index is 1300. The van der Waals surface area contributed by atoms with Crippen LogP contribution in [0.4, 0.5) is 0 Å². The third kappa shape index (κ3) is 4.40. The molecule has 0 aromatic rings. The van der Waals surface area contributed by atoms with Crippen LogP contribution in [0.1, 0.15) is 86.0 Å². The van der Waals surface area contributed by atoms with E-state index in [1.807, 2.05) is 0 Å². The molecule has 0 bridgehead atoms. The summed E-state index contributed by atoms with van der Waals surface area (Å²) in [6.45, 7) is 11.0. The minimum atomic E-state index is -1.58. The Morgan fingerprint density at radius 3 is 2.19 bits per heavy atom.